The Morgan fingerprint density at radius 2 is 1.45 bits per heavy atom. The highest BCUT2D eigenvalue weighted by molar-refractivity contribution is 7.47. The van der Waals surface area contributed by atoms with Crippen LogP contribution >= 0.6 is 7.82 Å². The summed E-state index contributed by atoms with van der Waals surface area (Å²) in [5, 5.41) is 22.1. The van der Waals surface area contributed by atoms with Gasteiger partial charge in [0.1, 0.15) is 19.3 Å². The van der Waals surface area contributed by atoms with Crippen molar-refractivity contribution in [2.75, 3.05) is 47.5 Å². The van der Waals surface area contributed by atoms with Crippen LogP contribution in [-0.2, 0) is 23.1 Å². The Kier molecular flexibility index (Phi) is 21.5. The monoisotopic (exact) mass is 895 g/mol. The van der Waals surface area contributed by atoms with Gasteiger partial charge in [-0.15, -0.1) is 0 Å². The summed E-state index contributed by atoms with van der Waals surface area (Å²) < 4.78 is 32.1. The minimum Gasteiger partial charge on any atom is -0.479 e. The van der Waals surface area contributed by atoms with Crippen LogP contribution in [0.25, 0.3) is 0 Å². The summed E-state index contributed by atoms with van der Waals surface area (Å²) >= 11 is 0. The Morgan fingerprint density at radius 3 is 2.02 bits per heavy atom. The molecule has 3 N–H and O–H groups in total. The molecule has 62 heavy (non-hydrogen) atoms. The second-order valence-electron chi connectivity index (χ2n) is 22.9. The van der Waals surface area contributed by atoms with E-state index in [0.717, 1.165) is 56.3 Å². The first-order valence-corrected chi connectivity index (χ1v) is 27.5. The van der Waals surface area contributed by atoms with Crippen molar-refractivity contribution in [1.82, 2.24) is 0 Å². The molecule has 4 aliphatic rings. The normalized spacial score (nSPS) is 30.5. The maximum absolute atomic E-state index is 13.8. The number of aliphatic hydroxyl groups excluding tert-OH is 1. The molecule has 0 aliphatic heterocycles. The van der Waals surface area contributed by atoms with Gasteiger partial charge in [0.2, 0.25) is 5.60 Å². The molecule has 0 bridgehead atoms. The number of carboxylic acids is 1. The average Bonchev–Trinajstić information content (AvgIpc) is 3.56. The highest BCUT2D eigenvalue weighted by atomic mass is 31.2. The number of carboxylic acid groups (broad SMARTS) is 1. The predicted molar refractivity (Wildman–Crippen MR) is 254 cm³/mol. The Bertz CT molecular complexity index is 1410. The standard InChI is InChI=1S/C52H96NO8P/c1-10-11-12-13-14-15-16-17-18-19-20-21-22-23-36-59-48(39-54)52(49(55)56,61-62(57,58)60-37-35-53(7,8)9)43-31-33-50(5)42(38-43)27-28-44-46-30-29-45(41(4)26-24-25-40(2)3)51(46,6)34-32-47(44)50/h27,40-41,43-48,54H,10-26,28-39H2,1-9H3,(H-,55,56,57,58)/p+1/t41-,43?,44?,45-,46?,47?,48?,50+,51-,52?/m1/s1. The van der Waals surface area contributed by atoms with Gasteiger partial charge in [-0.05, 0) is 104 Å². The van der Waals surface area contributed by atoms with Crippen molar-refractivity contribution in [3.63, 3.8) is 0 Å². The van der Waals surface area contributed by atoms with Gasteiger partial charge in [0, 0.05) is 12.5 Å². The van der Waals surface area contributed by atoms with Gasteiger partial charge in [0.15, 0.2) is 0 Å². The number of fused-ring (bicyclic) bond motifs is 5. The Hall–Kier alpha value is -0.800. The zero-order valence-corrected chi connectivity index (χ0v) is 42.4. The summed E-state index contributed by atoms with van der Waals surface area (Å²) in [5.41, 5.74) is -0.706. The lowest BCUT2D eigenvalue weighted by atomic mass is 9.46. The molecule has 7 unspecified atom stereocenters. The van der Waals surface area contributed by atoms with Gasteiger partial charge in [-0.2, -0.15) is 0 Å². The fourth-order valence-corrected chi connectivity index (χ4v) is 14.4. The number of nitrogens with zero attached hydrogens (tertiary/aromatic N) is 1. The number of ether oxygens (including phenoxy) is 1. The number of rotatable bonds is 31. The molecule has 11 atom stereocenters. The number of hydrogen-bond donors (Lipinski definition) is 3. The molecular formula is C52H97NO8P+. The largest absolute Gasteiger partial charge is 0.479 e. The summed E-state index contributed by atoms with van der Waals surface area (Å²) in [6.07, 6.45) is 30.0. The molecule has 0 aromatic rings. The third kappa shape index (κ3) is 14.4. The molecule has 9 nitrogen and oxygen atoms in total. The molecular weight excluding hydrogens is 798 g/mol. The highest BCUT2D eigenvalue weighted by Crippen LogP contribution is 2.68. The minimum atomic E-state index is -4.89. The maximum Gasteiger partial charge on any atom is 0.473 e. The molecule has 0 heterocycles. The van der Waals surface area contributed by atoms with Crippen molar-refractivity contribution < 1.29 is 42.7 Å². The van der Waals surface area contributed by atoms with E-state index in [1.165, 1.54) is 115 Å². The number of phosphoric acid groups is 1. The highest BCUT2D eigenvalue weighted by Gasteiger charge is 2.63. The van der Waals surface area contributed by atoms with Crippen LogP contribution in [0.4, 0.5) is 0 Å². The predicted octanol–water partition coefficient (Wildman–Crippen LogP) is 13.2. The van der Waals surface area contributed by atoms with E-state index >= 15 is 0 Å². The minimum absolute atomic E-state index is 0.0696. The summed E-state index contributed by atoms with van der Waals surface area (Å²) in [7, 11) is 0.975. The Labute approximate surface area is 380 Å². The van der Waals surface area contributed by atoms with E-state index in [0.29, 0.717) is 47.0 Å². The zero-order valence-electron chi connectivity index (χ0n) is 41.5. The van der Waals surface area contributed by atoms with Crippen molar-refractivity contribution >= 4 is 13.8 Å². The Morgan fingerprint density at radius 1 is 0.839 bits per heavy atom. The average molecular weight is 895 g/mol. The van der Waals surface area contributed by atoms with Crippen LogP contribution < -0.4 is 0 Å². The lowest BCUT2D eigenvalue weighted by molar-refractivity contribution is -0.870. The molecule has 4 aliphatic carbocycles. The Balaban J connectivity index is 1.43. The first-order valence-electron chi connectivity index (χ1n) is 26.0. The van der Waals surface area contributed by atoms with Crippen LogP contribution in [0.5, 0.6) is 0 Å². The number of allylic oxidation sites excluding steroid dienone is 2. The van der Waals surface area contributed by atoms with Gasteiger partial charge in [-0.25, -0.2) is 9.36 Å². The van der Waals surface area contributed by atoms with E-state index in [4.69, 9.17) is 13.8 Å². The first kappa shape index (κ1) is 53.8. The summed E-state index contributed by atoms with van der Waals surface area (Å²) in [5.74, 6) is 2.10. The number of phosphoric ester groups is 1. The number of aliphatic carboxylic acids is 1. The van der Waals surface area contributed by atoms with Gasteiger partial charge in [0.05, 0.1) is 27.7 Å². The molecule has 0 aromatic heterocycles. The van der Waals surface area contributed by atoms with Crippen molar-refractivity contribution in [2.45, 2.75) is 214 Å². The number of hydrogen-bond acceptors (Lipinski definition) is 6. The van der Waals surface area contributed by atoms with Gasteiger partial charge >= 0.3 is 13.8 Å². The molecule has 0 radical (unpaired) electrons. The number of unbranched alkanes of at least 4 members (excludes halogenated alkanes) is 13. The summed E-state index contributed by atoms with van der Waals surface area (Å²) in [6, 6.07) is 0. The number of aliphatic hydroxyl groups is 1. The molecule has 4 rings (SSSR count). The summed E-state index contributed by atoms with van der Waals surface area (Å²) in [4.78, 5) is 25.0. The topological polar surface area (TPSA) is 123 Å². The third-order valence-corrected chi connectivity index (χ3v) is 18.0. The third-order valence-electron chi connectivity index (χ3n) is 17.0. The molecule has 0 aromatic carbocycles. The van der Waals surface area contributed by atoms with Crippen molar-refractivity contribution in [1.29, 1.82) is 0 Å². The lowest BCUT2D eigenvalue weighted by Gasteiger charge is -2.59. The maximum atomic E-state index is 13.8. The fourth-order valence-electron chi connectivity index (χ4n) is 13.3. The molecule has 10 heteroatoms. The van der Waals surface area contributed by atoms with Crippen LogP contribution in [-0.4, -0.2) is 84.8 Å². The van der Waals surface area contributed by atoms with Crippen LogP contribution in [0, 0.1) is 52.3 Å². The van der Waals surface area contributed by atoms with Gasteiger partial charge in [0.25, 0.3) is 0 Å². The van der Waals surface area contributed by atoms with Gasteiger partial charge in [-0.1, -0.05) is 156 Å². The first-order chi connectivity index (χ1) is 29.3. The van der Waals surface area contributed by atoms with Crippen LogP contribution in [0.2, 0.25) is 0 Å². The van der Waals surface area contributed by atoms with E-state index in [1.807, 2.05) is 21.1 Å². The second-order valence-corrected chi connectivity index (χ2v) is 24.3. The fraction of sp³-hybridized carbons (Fsp3) is 0.942. The van der Waals surface area contributed by atoms with E-state index in [1.54, 1.807) is 0 Å². The molecule has 362 valence electrons. The quantitative estimate of drug-likeness (QED) is 0.0272. The van der Waals surface area contributed by atoms with Crippen molar-refractivity contribution in [3.05, 3.63) is 11.6 Å². The molecule has 3 saturated carbocycles. The van der Waals surface area contributed by atoms with Crippen LogP contribution in [0.1, 0.15) is 202 Å². The number of quaternary nitrogens is 1. The zero-order chi connectivity index (χ0) is 45.6. The number of carbonyl (C=O) groups is 1. The summed E-state index contributed by atoms with van der Waals surface area (Å²) in [6.45, 7) is 14.4. The lowest BCUT2D eigenvalue weighted by Crippen LogP contribution is -2.61. The molecule has 0 saturated heterocycles. The smallest absolute Gasteiger partial charge is 0.473 e. The van der Waals surface area contributed by atoms with Gasteiger partial charge < -0.3 is 24.3 Å². The van der Waals surface area contributed by atoms with E-state index in [9.17, 15) is 24.5 Å². The van der Waals surface area contributed by atoms with E-state index in [2.05, 4.69) is 47.6 Å². The second kappa shape index (κ2) is 24.8. The van der Waals surface area contributed by atoms with Crippen molar-refractivity contribution in [3.8, 4) is 0 Å². The van der Waals surface area contributed by atoms with Crippen molar-refractivity contribution in [2.24, 2.45) is 52.3 Å². The van der Waals surface area contributed by atoms with Crippen LogP contribution in [0.3, 0.4) is 0 Å². The number of likely N-dealkylation sites (N-methyl/N-ethyl adjacent to an activating group) is 1. The molecule has 0 amide bonds. The van der Waals surface area contributed by atoms with E-state index in [-0.39, 0.29) is 18.6 Å². The molecule has 3 fully saturated rings. The van der Waals surface area contributed by atoms with E-state index < -0.39 is 38.0 Å². The molecule has 0 spiro atoms. The van der Waals surface area contributed by atoms with Crippen LogP contribution in [0.15, 0.2) is 11.6 Å². The SMILES string of the molecule is CCCCCCCCCCCCCCCCOC(CO)C(OP(=O)(O)OCC[N+](C)(C)C)(C(=O)O)C1CC[C@@]2(C)C(=CCC3C2CC[C@@]2(C)C3CC[C@@H]2[C@H](C)CCCC(C)C)C1. The van der Waals surface area contributed by atoms with Gasteiger partial charge in [-0.3, -0.25) is 9.05 Å².